The molecule has 0 bridgehead atoms. The Labute approximate surface area is 179 Å². The summed E-state index contributed by atoms with van der Waals surface area (Å²) in [6, 6.07) is 17.5. The summed E-state index contributed by atoms with van der Waals surface area (Å²) in [5, 5.41) is 2.67. The first-order valence-electron chi connectivity index (χ1n) is 9.27. The van der Waals surface area contributed by atoms with Crippen LogP contribution in [0.4, 0.5) is 15.8 Å². The fraction of sp³-hybridized carbons (Fsp3) is 0.136. The molecular weight excluding hydrogens is 423 g/mol. The second kappa shape index (κ2) is 9.48. The Morgan fingerprint density at radius 2 is 1.55 bits per heavy atom. The van der Waals surface area contributed by atoms with E-state index in [2.05, 4.69) is 10.0 Å². The second-order valence-electron chi connectivity index (χ2n) is 6.57. The number of hydrogen-bond donors (Lipinski definition) is 2. The van der Waals surface area contributed by atoms with Gasteiger partial charge in [-0.05, 0) is 67.6 Å². The van der Waals surface area contributed by atoms with Gasteiger partial charge in [-0.15, -0.1) is 0 Å². The van der Waals surface area contributed by atoms with Crippen LogP contribution in [0.2, 0.25) is 0 Å². The molecule has 0 unspecified atom stereocenters. The number of methoxy groups -OCH3 is 1. The van der Waals surface area contributed by atoms with Gasteiger partial charge in [0.05, 0.1) is 12.0 Å². The van der Waals surface area contributed by atoms with Crippen LogP contribution in [0, 0.1) is 5.82 Å². The predicted molar refractivity (Wildman–Crippen MR) is 115 cm³/mol. The molecule has 0 saturated heterocycles. The summed E-state index contributed by atoms with van der Waals surface area (Å²) in [6.07, 6.45) is -0.796. The summed E-state index contributed by atoms with van der Waals surface area (Å²) >= 11 is 0. The number of carbonyl (C=O) groups is 1. The zero-order chi connectivity index (χ0) is 22.4. The summed E-state index contributed by atoms with van der Waals surface area (Å²) in [5.74, 6) is 0.224. The van der Waals surface area contributed by atoms with Crippen molar-refractivity contribution in [2.24, 2.45) is 0 Å². The van der Waals surface area contributed by atoms with Gasteiger partial charge in [-0.3, -0.25) is 9.52 Å². The van der Waals surface area contributed by atoms with Crippen LogP contribution in [0.15, 0.2) is 77.7 Å². The van der Waals surface area contributed by atoms with E-state index in [9.17, 15) is 17.6 Å². The third-order valence-electron chi connectivity index (χ3n) is 4.25. The van der Waals surface area contributed by atoms with Crippen molar-refractivity contribution in [3.63, 3.8) is 0 Å². The third kappa shape index (κ3) is 5.95. The van der Waals surface area contributed by atoms with Crippen molar-refractivity contribution < 1.29 is 27.1 Å². The van der Waals surface area contributed by atoms with Crippen LogP contribution in [0.5, 0.6) is 11.5 Å². The Kier molecular flexibility index (Phi) is 6.76. The van der Waals surface area contributed by atoms with E-state index in [0.29, 0.717) is 17.2 Å². The first-order chi connectivity index (χ1) is 14.8. The molecule has 9 heteroatoms. The normalized spacial score (nSPS) is 12.0. The lowest BCUT2D eigenvalue weighted by atomic mass is 10.3. The van der Waals surface area contributed by atoms with Crippen LogP contribution in [0.3, 0.4) is 0 Å². The number of nitrogens with one attached hydrogen (secondary N) is 2. The highest BCUT2D eigenvalue weighted by molar-refractivity contribution is 7.92. The molecule has 0 aliphatic carbocycles. The van der Waals surface area contributed by atoms with Gasteiger partial charge in [0.15, 0.2) is 6.10 Å². The van der Waals surface area contributed by atoms with Crippen LogP contribution in [-0.2, 0) is 14.8 Å². The van der Waals surface area contributed by atoms with E-state index in [-0.39, 0.29) is 10.6 Å². The minimum atomic E-state index is -3.86. The Morgan fingerprint density at radius 3 is 2.19 bits per heavy atom. The minimum Gasteiger partial charge on any atom is -0.497 e. The first kappa shape index (κ1) is 22.1. The SMILES string of the molecule is COc1cccc(O[C@H](C)C(=O)Nc2ccc(S(=O)(=O)Nc3ccc(F)cc3)cc2)c1. The summed E-state index contributed by atoms with van der Waals surface area (Å²) < 4.78 is 51.0. The second-order valence-corrected chi connectivity index (χ2v) is 8.25. The van der Waals surface area contributed by atoms with Crippen molar-refractivity contribution in [2.75, 3.05) is 17.1 Å². The molecule has 3 rings (SSSR count). The fourth-order valence-electron chi connectivity index (χ4n) is 2.63. The first-order valence-corrected chi connectivity index (χ1v) is 10.8. The van der Waals surface area contributed by atoms with Gasteiger partial charge in [0.1, 0.15) is 17.3 Å². The van der Waals surface area contributed by atoms with Gasteiger partial charge in [0.2, 0.25) is 0 Å². The molecule has 0 aliphatic rings. The molecule has 0 aromatic heterocycles. The molecule has 7 nitrogen and oxygen atoms in total. The van der Waals surface area contributed by atoms with E-state index in [1.165, 1.54) is 43.5 Å². The number of hydrogen-bond acceptors (Lipinski definition) is 5. The average molecular weight is 444 g/mol. The zero-order valence-electron chi connectivity index (χ0n) is 16.8. The van der Waals surface area contributed by atoms with Gasteiger partial charge in [0.25, 0.3) is 15.9 Å². The topological polar surface area (TPSA) is 93.7 Å². The number of amides is 1. The van der Waals surface area contributed by atoms with E-state index in [4.69, 9.17) is 9.47 Å². The van der Waals surface area contributed by atoms with Crippen molar-refractivity contribution >= 4 is 27.3 Å². The molecule has 1 atom stereocenters. The molecule has 31 heavy (non-hydrogen) atoms. The van der Waals surface area contributed by atoms with E-state index >= 15 is 0 Å². The molecule has 0 spiro atoms. The number of benzene rings is 3. The van der Waals surface area contributed by atoms with Crippen LogP contribution >= 0.6 is 0 Å². The Hall–Kier alpha value is -3.59. The van der Waals surface area contributed by atoms with Crippen molar-refractivity contribution in [3.8, 4) is 11.5 Å². The fourth-order valence-corrected chi connectivity index (χ4v) is 3.68. The highest BCUT2D eigenvalue weighted by Crippen LogP contribution is 2.21. The van der Waals surface area contributed by atoms with Crippen molar-refractivity contribution in [1.29, 1.82) is 0 Å². The molecule has 0 heterocycles. The van der Waals surface area contributed by atoms with Gasteiger partial charge in [0, 0.05) is 17.4 Å². The van der Waals surface area contributed by atoms with Gasteiger partial charge in [-0.25, -0.2) is 12.8 Å². The smallest absolute Gasteiger partial charge is 0.265 e. The molecule has 0 radical (unpaired) electrons. The van der Waals surface area contributed by atoms with Gasteiger partial charge < -0.3 is 14.8 Å². The molecule has 0 fully saturated rings. The number of ether oxygens (including phenoxy) is 2. The number of anilines is 2. The molecule has 1 amide bonds. The summed E-state index contributed by atoms with van der Waals surface area (Å²) in [5.41, 5.74) is 0.647. The van der Waals surface area contributed by atoms with E-state index < -0.39 is 27.9 Å². The Bertz CT molecular complexity index is 1150. The molecule has 0 aliphatic heterocycles. The van der Waals surface area contributed by atoms with Gasteiger partial charge in [-0.1, -0.05) is 6.07 Å². The lowest BCUT2D eigenvalue weighted by molar-refractivity contribution is -0.122. The minimum absolute atomic E-state index is 0.00416. The summed E-state index contributed by atoms with van der Waals surface area (Å²) in [4.78, 5) is 12.4. The molecule has 3 aromatic rings. The maximum absolute atomic E-state index is 13.0. The van der Waals surface area contributed by atoms with E-state index in [1.807, 2.05) is 0 Å². The van der Waals surface area contributed by atoms with Crippen LogP contribution < -0.4 is 19.5 Å². The monoisotopic (exact) mass is 444 g/mol. The lowest BCUT2D eigenvalue weighted by Gasteiger charge is -2.15. The lowest BCUT2D eigenvalue weighted by Crippen LogP contribution is -2.30. The zero-order valence-corrected chi connectivity index (χ0v) is 17.6. The number of sulfonamides is 1. The molecule has 162 valence electrons. The molecule has 2 N–H and O–H groups in total. The van der Waals surface area contributed by atoms with Gasteiger partial charge in [-0.2, -0.15) is 0 Å². The number of carbonyl (C=O) groups excluding carboxylic acids is 1. The van der Waals surface area contributed by atoms with E-state index in [1.54, 1.807) is 31.2 Å². The highest BCUT2D eigenvalue weighted by Gasteiger charge is 2.17. The van der Waals surface area contributed by atoms with Crippen LogP contribution in [0.25, 0.3) is 0 Å². The highest BCUT2D eigenvalue weighted by atomic mass is 32.2. The molecular formula is C22H21FN2O5S. The summed E-state index contributed by atoms with van der Waals surface area (Å²) in [6.45, 7) is 1.60. The average Bonchev–Trinajstić information content (AvgIpc) is 2.75. The summed E-state index contributed by atoms with van der Waals surface area (Å²) in [7, 11) is -2.32. The largest absolute Gasteiger partial charge is 0.497 e. The van der Waals surface area contributed by atoms with Gasteiger partial charge >= 0.3 is 0 Å². The van der Waals surface area contributed by atoms with Crippen molar-refractivity contribution in [3.05, 3.63) is 78.6 Å². The quantitative estimate of drug-likeness (QED) is 0.547. The molecule has 3 aromatic carbocycles. The maximum Gasteiger partial charge on any atom is 0.265 e. The number of rotatable bonds is 8. The van der Waals surface area contributed by atoms with E-state index in [0.717, 1.165) is 12.1 Å². The van der Waals surface area contributed by atoms with Crippen LogP contribution in [0.1, 0.15) is 6.92 Å². The Balaban J connectivity index is 1.62. The van der Waals surface area contributed by atoms with Crippen molar-refractivity contribution in [1.82, 2.24) is 0 Å². The predicted octanol–water partition coefficient (Wildman–Crippen LogP) is 4.04. The number of halogens is 1. The maximum atomic E-state index is 13.0. The molecule has 0 saturated carbocycles. The Morgan fingerprint density at radius 1 is 0.935 bits per heavy atom. The van der Waals surface area contributed by atoms with Crippen LogP contribution in [-0.4, -0.2) is 27.5 Å². The third-order valence-corrected chi connectivity index (χ3v) is 5.65. The van der Waals surface area contributed by atoms with Crippen molar-refractivity contribution in [2.45, 2.75) is 17.9 Å². The standard InChI is InChI=1S/C22H21FN2O5S/c1-15(30-20-5-3-4-19(14-20)29-2)22(26)24-17-10-12-21(13-11-17)31(27,28)25-18-8-6-16(23)7-9-18/h3-15,25H,1-2H3,(H,24,26)/t15-/m1/s1.